The number of carboxylic acid groups (broad SMARTS) is 1. The third kappa shape index (κ3) is 21.4. The summed E-state index contributed by atoms with van der Waals surface area (Å²) in [5.41, 5.74) is 6.71. The number of cyclic esters (lactones) is 1. The molecular formula is C53H72NO14-. The summed E-state index contributed by atoms with van der Waals surface area (Å²) >= 11 is 0. The molecule has 2 heterocycles. The molecule has 3 rings (SSSR count). The molecule has 15 heteroatoms. The van der Waals surface area contributed by atoms with Gasteiger partial charge in [-0.25, -0.2) is 0 Å². The van der Waals surface area contributed by atoms with Crippen LogP contribution in [0.1, 0.15) is 115 Å². The normalized spacial score (nSPS) is 33.0. The van der Waals surface area contributed by atoms with Gasteiger partial charge in [-0.1, -0.05) is 106 Å². The molecule has 374 valence electrons. The van der Waals surface area contributed by atoms with E-state index >= 15 is 0 Å². The largest absolute Gasteiger partial charge is 0.550 e. The summed E-state index contributed by atoms with van der Waals surface area (Å²) in [6, 6.07) is 6.48. The number of benzene rings is 1. The second-order valence-corrected chi connectivity index (χ2v) is 18.3. The molecule has 15 nitrogen and oxygen atoms in total. The SMILES string of the molecule is CC1/C=C/C=C/C=C/C=C/C=C/C=C/C=C/C(O)CC2OC(O)(CC(O)CC(O)CCCC(=O)CCCC(=O)CC(=O)OC1C(C)CC(C)C(O)CC(=O)c1ccc(N)cc1)CC(O)C2C(=O)[O-]. The number of hydrogen-bond acceptors (Lipinski definition) is 15. The molecule has 12 unspecified atom stereocenters. The van der Waals surface area contributed by atoms with E-state index in [1.165, 1.54) is 6.08 Å². The van der Waals surface area contributed by atoms with Crippen LogP contribution >= 0.6 is 0 Å². The van der Waals surface area contributed by atoms with Crippen molar-refractivity contribution in [2.45, 2.75) is 153 Å². The fraction of sp³-hybridized carbons (Fsp3) is 0.528. The van der Waals surface area contributed by atoms with Crippen molar-refractivity contribution in [3.8, 4) is 0 Å². The number of rotatable bonds is 8. The van der Waals surface area contributed by atoms with E-state index in [4.69, 9.17) is 15.2 Å². The first-order valence-corrected chi connectivity index (χ1v) is 23.6. The quantitative estimate of drug-likeness (QED) is 0.0809. The fourth-order valence-corrected chi connectivity index (χ4v) is 8.51. The number of ketones is 3. The summed E-state index contributed by atoms with van der Waals surface area (Å²) in [4.78, 5) is 63.5. The van der Waals surface area contributed by atoms with Crippen LogP contribution < -0.4 is 10.8 Å². The average molecular weight is 947 g/mol. The minimum atomic E-state index is -2.18. The molecule has 2 aliphatic heterocycles. The highest BCUT2D eigenvalue weighted by Crippen LogP contribution is 2.37. The number of carbonyl (C=O) groups excluding carboxylic acids is 5. The Morgan fingerprint density at radius 3 is 1.94 bits per heavy atom. The predicted molar refractivity (Wildman–Crippen MR) is 255 cm³/mol. The molecule has 12 atom stereocenters. The third-order valence-electron chi connectivity index (χ3n) is 12.1. The number of aliphatic hydroxyl groups is 6. The van der Waals surface area contributed by atoms with Crippen molar-refractivity contribution in [3.05, 3.63) is 115 Å². The molecule has 0 aliphatic carbocycles. The molecule has 2 bridgehead atoms. The first-order valence-electron chi connectivity index (χ1n) is 23.6. The maximum absolute atomic E-state index is 13.2. The zero-order valence-electron chi connectivity index (χ0n) is 39.5. The van der Waals surface area contributed by atoms with E-state index in [1.807, 2.05) is 57.2 Å². The fourth-order valence-electron chi connectivity index (χ4n) is 8.51. The van der Waals surface area contributed by atoms with Gasteiger partial charge in [0, 0.05) is 68.1 Å². The van der Waals surface area contributed by atoms with E-state index in [1.54, 1.807) is 66.8 Å². The Kier molecular flexibility index (Phi) is 25.0. The van der Waals surface area contributed by atoms with Crippen molar-refractivity contribution in [2.24, 2.45) is 23.7 Å². The van der Waals surface area contributed by atoms with Crippen molar-refractivity contribution in [1.82, 2.24) is 0 Å². The number of allylic oxidation sites excluding steroid dienone is 12. The Morgan fingerprint density at radius 2 is 1.34 bits per heavy atom. The van der Waals surface area contributed by atoms with E-state index in [2.05, 4.69) is 0 Å². The summed E-state index contributed by atoms with van der Waals surface area (Å²) in [6.07, 6.45) is 15.1. The highest BCUT2D eigenvalue weighted by Gasteiger charge is 2.47. The van der Waals surface area contributed by atoms with E-state index < -0.39 is 91.4 Å². The number of anilines is 1. The van der Waals surface area contributed by atoms with E-state index in [0.29, 0.717) is 17.7 Å². The molecule has 0 aromatic heterocycles. The smallest absolute Gasteiger partial charge is 0.313 e. The lowest BCUT2D eigenvalue weighted by Crippen LogP contribution is -2.58. The first kappa shape index (κ1) is 57.2. The van der Waals surface area contributed by atoms with Crippen LogP contribution in [0.2, 0.25) is 0 Å². The van der Waals surface area contributed by atoms with Crippen molar-refractivity contribution in [3.63, 3.8) is 0 Å². The molecule has 1 saturated heterocycles. The maximum atomic E-state index is 13.2. The molecule has 1 fully saturated rings. The van der Waals surface area contributed by atoms with Gasteiger partial charge < -0.3 is 55.7 Å². The number of esters is 1. The average Bonchev–Trinajstić information content (AvgIpc) is 3.24. The van der Waals surface area contributed by atoms with Crippen LogP contribution in [0.25, 0.3) is 0 Å². The van der Waals surface area contributed by atoms with Gasteiger partial charge >= 0.3 is 5.97 Å². The Labute approximate surface area is 400 Å². The lowest BCUT2D eigenvalue weighted by Gasteiger charge is -2.46. The van der Waals surface area contributed by atoms with Gasteiger partial charge in [-0.3, -0.25) is 19.2 Å². The van der Waals surface area contributed by atoms with Gasteiger partial charge in [0.2, 0.25) is 0 Å². The molecule has 68 heavy (non-hydrogen) atoms. The first-order chi connectivity index (χ1) is 32.3. The van der Waals surface area contributed by atoms with Gasteiger partial charge in [0.15, 0.2) is 11.6 Å². The zero-order valence-corrected chi connectivity index (χ0v) is 39.5. The van der Waals surface area contributed by atoms with Gasteiger partial charge in [0.25, 0.3) is 0 Å². The highest BCUT2D eigenvalue weighted by molar-refractivity contribution is 5.97. The molecule has 2 aliphatic rings. The van der Waals surface area contributed by atoms with Crippen LogP contribution in [0.3, 0.4) is 0 Å². The molecule has 8 N–H and O–H groups in total. The van der Waals surface area contributed by atoms with Crippen molar-refractivity contribution >= 4 is 35.0 Å². The zero-order chi connectivity index (χ0) is 50.2. The van der Waals surface area contributed by atoms with Crippen LogP contribution in [-0.2, 0) is 28.7 Å². The van der Waals surface area contributed by atoms with Crippen LogP contribution in [0.4, 0.5) is 5.69 Å². The molecule has 0 radical (unpaired) electrons. The number of nitrogens with two attached hydrogens (primary N) is 1. The molecular weight excluding hydrogens is 875 g/mol. The van der Waals surface area contributed by atoms with Gasteiger partial charge in [-0.05, 0) is 68.2 Å². The number of carbonyl (C=O) groups is 5. The van der Waals surface area contributed by atoms with E-state index in [9.17, 15) is 59.7 Å². The van der Waals surface area contributed by atoms with Gasteiger partial charge in [0.1, 0.15) is 24.1 Å². The molecule has 0 spiro atoms. The van der Waals surface area contributed by atoms with Crippen molar-refractivity contribution in [2.75, 3.05) is 5.73 Å². The van der Waals surface area contributed by atoms with Crippen LogP contribution in [-0.4, -0.2) is 108 Å². The second-order valence-electron chi connectivity index (χ2n) is 18.3. The van der Waals surface area contributed by atoms with Crippen molar-refractivity contribution < 1.29 is 69.2 Å². The minimum absolute atomic E-state index is 0.0304. The van der Waals surface area contributed by atoms with Gasteiger partial charge in [0.05, 0.1) is 42.5 Å². The number of carboxylic acids is 1. The third-order valence-corrected chi connectivity index (χ3v) is 12.1. The minimum Gasteiger partial charge on any atom is -0.550 e. The number of aliphatic carboxylic acids is 1. The monoisotopic (exact) mass is 946 g/mol. The highest BCUT2D eigenvalue weighted by atomic mass is 16.6. The molecule has 1 aromatic rings. The maximum Gasteiger partial charge on any atom is 0.313 e. The lowest BCUT2D eigenvalue weighted by molar-refractivity contribution is -0.342. The van der Waals surface area contributed by atoms with Gasteiger partial charge in [-0.15, -0.1) is 0 Å². The van der Waals surface area contributed by atoms with E-state index in [-0.39, 0.29) is 87.1 Å². The number of fused-ring (bicyclic) bond motifs is 2. The molecule has 1 aromatic carbocycles. The Hall–Kier alpha value is -5.13. The second kappa shape index (κ2) is 29.7. The number of ether oxygens (including phenoxy) is 2. The molecule has 0 amide bonds. The summed E-state index contributed by atoms with van der Waals surface area (Å²) in [5.74, 6) is -7.78. The van der Waals surface area contributed by atoms with Gasteiger partial charge in [-0.2, -0.15) is 0 Å². The summed E-state index contributed by atoms with van der Waals surface area (Å²) in [5, 5.41) is 76.8. The number of hydrogen-bond donors (Lipinski definition) is 7. The standard InChI is InChI=1S/C53H73NO14/c1-35-18-14-12-10-8-6-4-5-7-9-11-13-15-19-42(57)30-48-50(52(64)65)47(62)34-53(66,68-48)33-44(59)29-41(56)22-16-20-40(55)21-17-23-43(58)31-49(63)67-51(35)37(3)28-36(2)45(60)32-46(61)38-24-26-39(54)27-25-38/h4-15,18-19,24-27,35-37,41-42,44-45,47-48,50-51,56-57,59-60,62,66H,16-17,20-23,28-34,54H2,1-3H3,(H,64,65)/p-1/b5-4+,8-6+,9-7+,12-10+,13-11+,18-14+,19-15+. The van der Waals surface area contributed by atoms with Crippen LogP contribution in [0.15, 0.2) is 109 Å². The number of aliphatic hydroxyl groups excluding tert-OH is 5. The number of nitrogen functional groups attached to an aromatic ring is 1. The predicted octanol–water partition coefficient (Wildman–Crippen LogP) is 4.65. The Bertz CT molecular complexity index is 1980. The van der Waals surface area contributed by atoms with Crippen molar-refractivity contribution in [1.29, 1.82) is 0 Å². The topological polar surface area (TPSA) is 274 Å². The Balaban J connectivity index is 1.72. The Morgan fingerprint density at radius 1 is 0.779 bits per heavy atom. The van der Waals surface area contributed by atoms with Crippen LogP contribution in [0, 0.1) is 23.7 Å². The van der Waals surface area contributed by atoms with E-state index in [0.717, 1.165) is 0 Å². The summed E-state index contributed by atoms with van der Waals surface area (Å²) in [6.45, 7) is 5.61. The summed E-state index contributed by atoms with van der Waals surface area (Å²) in [7, 11) is 0. The summed E-state index contributed by atoms with van der Waals surface area (Å²) < 4.78 is 11.6. The van der Waals surface area contributed by atoms with Crippen LogP contribution in [0.5, 0.6) is 0 Å². The lowest BCUT2D eigenvalue weighted by atomic mass is 9.83. The number of Topliss-reactive ketones (excluding diaryl/α,β-unsaturated/α-hetero) is 3. The molecule has 0 saturated carbocycles.